The lowest BCUT2D eigenvalue weighted by molar-refractivity contribution is -0.384. The maximum Gasteiger partial charge on any atom is 0.270 e. The highest BCUT2D eigenvalue weighted by atomic mass is 16.6. The van der Waals surface area contributed by atoms with Crippen molar-refractivity contribution < 1.29 is 24.0 Å². The Bertz CT molecular complexity index is 1250. The summed E-state index contributed by atoms with van der Waals surface area (Å²) < 4.78 is 5.10. The second kappa shape index (κ2) is 8.31. The molecule has 0 fully saturated rings. The maximum atomic E-state index is 12.8. The summed E-state index contributed by atoms with van der Waals surface area (Å²) in [5.74, 6) is -0.950. The number of anilines is 1. The zero-order valence-electron chi connectivity index (χ0n) is 16.9. The number of ether oxygens (including phenoxy) is 1. The highest BCUT2D eigenvalue weighted by Crippen LogP contribution is 2.31. The van der Waals surface area contributed by atoms with E-state index in [1.54, 1.807) is 31.4 Å². The summed E-state index contributed by atoms with van der Waals surface area (Å²) >= 11 is 0. The highest BCUT2D eigenvalue weighted by molar-refractivity contribution is 6.34. The Labute approximate surface area is 182 Å². The molecule has 0 aromatic heterocycles. The number of nitro benzene ring substituents is 1. The molecule has 3 aromatic carbocycles. The first-order chi connectivity index (χ1) is 15.4. The van der Waals surface area contributed by atoms with Crippen molar-refractivity contribution in [2.24, 2.45) is 0 Å². The van der Waals surface area contributed by atoms with Gasteiger partial charge in [-0.1, -0.05) is 18.2 Å². The van der Waals surface area contributed by atoms with E-state index in [0.717, 1.165) is 16.5 Å². The molecule has 0 aliphatic carbocycles. The van der Waals surface area contributed by atoms with Crippen molar-refractivity contribution >= 4 is 29.1 Å². The summed E-state index contributed by atoms with van der Waals surface area (Å²) in [4.78, 5) is 49.4. The van der Waals surface area contributed by atoms with Crippen LogP contribution in [0.4, 0.5) is 11.4 Å². The second-order valence-corrected chi connectivity index (χ2v) is 7.01. The van der Waals surface area contributed by atoms with Gasteiger partial charge in [-0.15, -0.1) is 0 Å². The molecule has 4 rings (SSSR count). The van der Waals surface area contributed by atoms with Crippen LogP contribution in [0.1, 0.15) is 36.6 Å². The van der Waals surface area contributed by atoms with Crippen molar-refractivity contribution in [3.05, 3.63) is 99.1 Å². The average molecular weight is 431 g/mol. The van der Waals surface area contributed by atoms with Crippen LogP contribution in [0, 0.1) is 10.1 Å². The third kappa shape index (κ3) is 3.79. The Morgan fingerprint density at radius 3 is 2.41 bits per heavy atom. The topological polar surface area (TPSA) is 119 Å². The molecule has 9 heteroatoms. The number of nitrogens with zero attached hydrogens (tertiary/aromatic N) is 2. The lowest BCUT2D eigenvalue weighted by Crippen LogP contribution is -2.30. The van der Waals surface area contributed by atoms with E-state index in [4.69, 9.17) is 4.74 Å². The highest BCUT2D eigenvalue weighted by Gasteiger charge is 2.38. The number of hydrogen-bond donors (Lipinski definition) is 1. The second-order valence-electron chi connectivity index (χ2n) is 7.01. The Hall–Kier alpha value is -4.53. The number of hydrogen-bond acceptors (Lipinski definition) is 6. The van der Waals surface area contributed by atoms with Crippen LogP contribution < -0.4 is 15.0 Å². The van der Waals surface area contributed by atoms with Gasteiger partial charge in [-0.3, -0.25) is 24.5 Å². The van der Waals surface area contributed by atoms with Crippen molar-refractivity contribution in [1.82, 2.24) is 5.32 Å². The quantitative estimate of drug-likeness (QED) is 0.363. The number of amides is 3. The van der Waals surface area contributed by atoms with Crippen molar-refractivity contribution in [2.75, 3.05) is 12.0 Å². The molecule has 0 saturated carbocycles. The van der Waals surface area contributed by atoms with Crippen LogP contribution in [-0.4, -0.2) is 29.8 Å². The Morgan fingerprint density at radius 1 is 1.00 bits per heavy atom. The van der Waals surface area contributed by atoms with E-state index >= 15 is 0 Å². The lowest BCUT2D eigenvalue weighted by Gasteiger charge is -2.15. The molecule has 0 atom stereocenters. The van der Waals surface area contributed by atoms with Crippen LogP contribution in [0.2, 0.25) is 0 Å². The SMILES string of the molecule is COc1ccc(CNC(=O)c2cccc(N3C(=O)c4ccc([N+](=O)[O-])cc4C3=O)c2)cc1. The largest absolute Gasteiger partial charge is 0.497 e. The summed E-state index contributed by atoms with van der Waals surface area (Å²) in [6, 6.07) is 16.8. The molecule has 32 heavy (non-hydrogen) atoms. The van der Waals surface area contributed by atoms with Gasteiger partial charge in [-0.2, -0.15) is 0 Å². The smallest absolute Gasteiger partial charge is 0.270 e. The zero-order chi connectivity index (χ0) is 22.8. The normalized spacial score (nSPS) is 12.5. The fourth-order valence-electron chi connectivity index (χ4n) is 3.39. The molecule has 0 bridgehead atoms. The third-order valence-corrected chi connectivity index (χ3v) is 5.06. The van der Waals surface area contributed by atoms with Gasteiger partial charge >= 0.3 is 0 Å². The number of imide groups is 1. The molecular formula is C23H17N3O6. The van der Waals surface area contributed by atoms with Crippen LogP contribution in [0.15, 0.2) is 66.7 Å². The number of benzene rings is 3. The minimum absolute atomic E-state index is 0.0430. The van der Waals surface area contributed by atoms with E-state index in [-0.39, 0.29) is 40.5 Å². The van der Waals surface area contributed by atoms with Gasteiger partial charge in [0.15, 0.2) is 0 Å². The molecule has 1 aliphatic heterocycles. The van der Waals surface area contributed by atoms with Gasteiger partial charge < -0.3 is 10.1 Å². The maximum absolute atomic E-state index is 12.8. The first kappa shape index (κ1) is 20.7. The van der Waals surface area contributed by atoms with Crippen molar-refractivity contribution in [1.29, 1.82) is 0 Å². The van der Waals surface area contributed by atoms with E-state index in [1.165, 1.54) is 24.3 Å². The monoisotopic (exact) mass is 431 g/mol. The molecule has 1 heterocycles. The summed E-state index contributed by atoms with van der Waals surface area (Å²) in [5, 5.41) is 13.8. The molecule has 160 valence electrons. The van der Waals surface area contributed by atoms with Gasteiger partial charge in [0.25, 0.3) is 23.4 Å². The minimum Gasteiger partial charge on any atom is -0.497 e. The average Bonchev–Trinajstić information content (AvgIpc) is 3.07. The first-order valence-electron chi connectivity index (χ1n) is 9.57. The third-order valence-electron chi connectivity index (χ3n) is 5.06. The molecule has 0 unspecified atom stereocenters. The van der Waals surface area contributed by atoms with Crippen LogP contribution in [0.3, 0.4) is 0 Å². The fourth-order valence-corrected chi connectivity index (χ4v) is 3.39. The fraction of sp³-hybridized carbons (Fsp3) is 0.0870. The predicted molar refractivity (Wildman–Crippen MR) is 115 cm³/mol. The van der Waals surface area contributed by atoms with E-state index in [9.17, 15) is 24.5 Å². The van der Waals surface area contributed by atoms with Crippen molar-refractivity contribution in [3.63, 3.8) is 0 Å². The standard InChI is InChI=1S/C23H17N3O6/c1-32-18-8-5-14(6-9-18)13-24-21(27)15-3-2-4-16(11-15)25-22(28)19-10-7-17(26(30)31)12-20(19)23(25)29/h2-12H,13H2,1H3,(H,24,27). The number of nitro groups is 1. The van der Waals surface area contributed by atoms with Crippen LogP contribution in [0.25, 0.3) is 0 Å². The molecule has 0 saturated heterocycles. The Kier molecular flexibility index (Phi) is 5.38. The summed E-state index contributed by atoms with van der Waals surface area (Å²) in [7, 11) is 1.57. The number of fused-ring (bicyclic) bond motifs is 1. The minimum atomic E-state index is -0.676. The molecule has 3 aromatic rings. The molecule has 1 aliphatic rings. The number of methoxy groups -OCH3 is 1. The summed E-state index contributed by atoms with van der Waals surface area (Å²) in [5.41, 5.74) is 1.10. The van der Waals surface area contributed by atoms with Crippen molar-refractivity contribution in [3.8, 4) is 5.75 Å². The number of non-ortho nitro benzene ring substituents is 1. The lowest BCUT2D eigenvalue weighted by atomic mass is 10.1. The Morgan fingerprint density at radius 2 is 1.72 bits per heavy atom. The number of carbonyl (C=O) groups excluding carboxylic acids is 3. The van der Waals surface area contributed by atoms with Crippen LogP contribution >= 0.6 is 0 Å². The molecule has 9 nitrogen and oxygen atoms in total. The van der Waals surface area contributed by atoms with E-state index in [0.29, 0.717) is 5.75 Å². The molecular weight excluding hydrogens is 414 g/mol. The first-order valence-corrected chi connectivity index (χ1v) is 9.57. The molecule has 1 N–H and O–H groups in total. The van der Waals surface area contributed by atoms with Crippen LogP contribution in [-0.2, 0) is 6.54 Å². The molecule has 3 amide bonds. The number of rotatable bonds is 6. The zero-order valence-corrected chi connectivity index (χ0v) is 16.9. The van der Waals surface area contributed by atoms with Gasteiger partial charge in [0, 0.05) is 24.2 Å². The van der Waals surface area contributed by atoms with Gasteiger partial charge in [0.05, 0.1) is 28.8 Å². The molecule has 0 radical (unpaired) electrons. The summed E-state index contributed by atoms with van der Waals surface area (Å²) in [6.07, 6.45) is 0. The van der Waals surface area contributed by atoms with Crippen molar-refractivity contribution in [2.45, 2.75) is 6.54 Å². The number of nitrogens with one attached hydrogen (secondary N) is 1. The van der Waals surface area contributed by atoms with E-state index in [1.807, 2.05) is 12.1 Å². The van der Waals surface area contributed by atoms with Gasteiger partial charge in [0.2, 0.25) is 0 Å². The van der Waals surface area contributed by atoms with Gasteiger partial charge in [-0.05, 0) is 42.0 Å². The molecule has 0 spiro atoms. The number of carbonyl (C=O) groups is 3. The van der Waals surface area contributed by atoms with E-state index < -0.39 is 16.7 Å². The summed E-state index contributed by atoms with van der Waals surface area (Å²) in [6.45, 7) is 0.281. The van der Waals surface area contributed by atoms with Gasteiger partial charge in [-0.25, -0.2) is 4.90 Å². The van der Waals surface area contributed by atoms with Gasteiger partial charge in [0.1, 0.15) is 5.75 Å². The van der Waals surface area contributed by atoms with E-state index in [2.05, 4.69) is 5.32 Å². The predicted octanol–water partition coefficient (Wildman–Crippen LogP) is 3.33. The van der Waals surface area contributed by atoms with Crippen LogP contribution in [0.5, 0.6) is 5.75 Å². The Balaban J connectivity index is 1.53.